The van der Waals surface area contributed by atoms with Gasteiger partial charge in [0.15, 0.2) is 0 Å². The molecule has 0 spiro atoms. The number of ether oxygens (including phenoxy) is 1. The molecule has 0 aliphatic rings. The van der Waals surface area contributed by atoms with E-state index >= 15 is 0 Å². The molecule has 0 atom stereocenters. The van der Waals surface area contributed by atoms with E-state index in [1.165, 1.54) is 41.2 Å². The normalized spacial score (nSPS) is 10.8. The fourth-order valence-electron chi connectivity index (χ4n) is 3.00. The second-order valence-electron chi connectivity index (χ2n) is 6.95. The molecular formula is C23H25FN2O2S. The Kier molecular flexibility index (Phi) is 6.99. The van der Waals surface area contributed by atoms with Crippen LogP contribution in [-0.2, 0) is 13.2 Å². The average Bonchev–Trinajstić information content (AvgIpc) is 3.16. The maximum atomic E-state index is 13.1. The van der Waals surface area contributed by atoms with E-state index in [1.807, 2.05) is 31.4 Å². The highest BCUT2D eigenvalue weighted by Gasteiger charge is 2.17. The first-order valence-corrected chi connectivity index (χ1v) is 10.5. The minimum Gasteiger partial charge on any atom is -0.486 e. The summed E-state index contributed by atoms with van der Waals surface area (Å²) in [5, 5.41) is 2.83. The van der Waals surface area contributed by atoms with Gasteiger partial charge in [0.1, 0.15) is 23.2 Å². The van der Waals surface area contributed by atoms with Crippen LogP contribution in [0.3, 0.4) is 0 Å². The summed E-state index contributed by atoms with van der Waals surface area (Å²) in [5.41, 5.74) is 3.63. The second-order valence-corrected chi connectivity index (χ2v) is 7.90. The summed E-state index contributed by atoms with van der Waals surface area (Å²) in [4.78, 5) is 19.2. The number of hydrogen-bond donors (Lipinski definition) is 0. The van der Waals surface area contributed by atoms with Crippen LogP contribution in [0, 0.1) is 19.7 Å². The molecule has 6 heteroatoms. The van der Waals surface area contributed by atoms with Gasteiger partial charge in [0.25, 0.3) is 5.91 Å². The number of amides is 1. The van der Waals surface area contributed by atoms with Crippen molar-refractivity contribution < 1.29 is 13.9 Å². The molecule has 3 rings (SSSR count). The molecule has 152 valence electrons. The van der Waals surface area contributed by atoms with E-state index in [4.69, 9.17) is 4.74 Å². The van der Waals surface area contributed by atoms with Gasteiger partial charge in [-0.25, -0.2) is 9.37 Å². The van der Waals surface area contributed by atoms with Crippen molar-refractivity contribution in [1.29, 1.82) is 0 Å². The van der Waals surface area contributed by atoms with Gasteiger partial charge in [-0.1, -0.05) is 19.1 Å². The molecular weight excluding hydrogens is 387 g/mol. The van der Waals surface area contributed by atoms with Crippen LogP contribution in [-0.4, -0.2) is 22.3 Å². The van der Waals surface area contributed by atoms with Crippen molar-refractivity contribution in [3.05, 3.63) is 81.1 Å². The fraction of sp³-hybridized carbons (Fsp3) is 0.304. The molecule has 0 radical (unpaired) electrons. The number of aromatic nitrogens is 1. The predicted octanol–water partition coefficient (Wildman–Crippen LogP) is 5.53. The molecule has 0 bridgehead atoms. The predicted molar refractivity (Wildman–Crippen MR) is 114 cm³/mol. The highest BCUT2D eigenvalue weighted by molar-refractivity contribution is 7.09. The average molecular weight is 413 g/mol. The summed E-state index contributed by atoms with van der Waals surface area (Å²) >= 11 is 1.52. The molecule has 2 aromatic carbocycles. The van der Waals surface area contributed by atoms with Crippen molar-refractivity contribution >= 4 is 17.2 Å². The summed E-state index contributed by atoms with van der Waals surface area (Å²) < 4.78 is 19.1. The van der Waals surface area contributed by atoms with Crippen LogP contribution in [0.1, 0.15) is 45.5 Å². The zero-order valence-electron chi connectivity index (χ0n) is 16.9. The van der Waals surface area contributed by atoms with Crippen LogP contribution in [0.4, 0.5) is 4.39 Å². The van der Waals surface area contributed by atoms with Gasteiger partial charge in [0, 0.05) is 17.5 Å². The number of carbonyl (C=O) groups excluding carboxylic acids is 1. The molecule has 1 heterocycles. The standard InChI is InChI=1S/C23H25FN2O2S/c1-4-12-26(23(27)18-8-10-19(24)11-9-18)13-20-15-29-22(25-20)14-28-21-7-5-6-16(2)17(21)3/h5-11,15H,4,12-14H2,1-3H3. The van der Waals surface area contributed by atoms with Gasteiger partial charge >= 0.3 is 0 Å². The van der Waals surface area contributed by atoms with Gasteiger partial charge in [-0.15, -0.1) is 11.3 Å². The molecule has 29 heavy (non-hydrogen) atoms. The minimum absolute atomic E-state index is 0.118. The molecule has 0 aliphatic heterocycles. The maximum absolute atomic E-state index is 13.1. The number of halogens is 1. The SMILES string of the molecule is CCCN(Cc1csc(COc2cccc(C)c2C)n1)C(=O)c1ccc(F)cc1. The second kappa shape index (κ2) is 9.65. The number of carbonyl (C=O) groups is 1. The van der Waals surface area contributed by atoms with Crippen molar-refractivity contribution in [3.63, 3.8) is 0 Å². The lowest BCUT2D eigenvalue weighted by Gasteiger charge is -2.21. The lowest BCUT2D eigenvalue weighted by molar-refractivity contribution is 0.0741. The number of thiazole rings is 1. The zero-order chi connectivity index (χ0) is 20.8. The molecule has 1 aromatic heterocycles. The lowest BCUT2D eigenvalue weighted by Crippen LogP contribution is -2.31. The van der Waals surface area contributed by atoms with Crippen LogP contribution >= 0.6 is 11.3 Å². The van der Waals surface area contributed by atoms with Crippen LogP contribution in [0.25, 0.3) is 0 Å². The number of hydrogen-bond acceptors (Lipinski definition) is 4. The number of rotatable bonds is 8. The molecule has 3 aromatic rings. The summed E-state index contributed by atoms with van der Waals surface area (Å²) in [7, 11) is 0. The van der Waals surface area contributed by atoms with Crippen molar-refractivity contribution in [1.82, 2.24) is 9.88 Å². The van der Waals surface area contributed by atoms with Crippen LogP contribution in [0.5, 0.6) is 5.75 Å². The molecule has 1 amide bonds. The molecule has 0 saturated heterocycles. The monoisotopic (exact) mass is 412 g/mol. The molecule has 4 nitrogen and oxygen atoms in total. The fourth-order valence-corrected chi connectivity index (χ4v) is 3.70. The Morgan fingerprint density at radius 1 is 1.17 bits per heavy atom. The van der Waals surface area contributed by atoms with Gasteiger partial charge < -0.3 is 9.64 Å². The molecule has 0 saturated carbocycles. The number of benzene rings is 2. The van der Waals surface area contributed by atoms with Crippen LogP contribution < -0.4 is 4.74 Å². The van der Waals surface area contributed by atoms with Gasteiger partial charge in [0.05, 0.1) is 12.2 Å². The highest BCUT2D eigenvalue weighted by atomic mass is 32.1. The van der Waals surface area contributed by atoms with Crippen LogP contribution in [0.2, 0.25) is 0 Å². The summed E-state index contributed by atoms with van der Waals surface area (Å²) in [6.45, 7) is 7.56. The van der Waals surface area contributed by atoms with E-state index in [2.05, 4.69) is 18.0 Å². The number of aryl methyl sites for hydroxylation is 1. The first-order chi connectivity index (χ1) is 14.0. The Morgan fingerprint density at radius 3 is 2.66 bits per heavy atom. The number of nitrogens with zero attached hydrogens (tertiary/aromatic N) is 2. The smallest absolute Gasteiger partial charge is 0.254 e. The Hall–Kier alpha value is -2.73. The lowest BCUT2D eigenvalue weighted by atomic mass is 10.1. The van der Waals surface area contributed by atoms with E-state index in [-0.39, 0.29) is 11.7 Å². The third kappa shape index (κ3) is 5.41. The van der Waals surface area contributed by atoms with Gasteiger partial charge in [-0.2, -0.15) is 0 Å². The topological polar surface area (TPSA) is 42.4 Å². The van der Waals surface area contributed by atoms with E-state index in [0.29, 0.717) is 25.3 Å². The summed E-state index contributed by atoms with van der Waals surface area (Å²) in [6.07, 6.45) is 0.833. The maximum Gasteiger partial charge on any atom is 0.254 e. The minimum atomic E-state index is -0.350. The Balaban J connectivity index is 1.65. The zero-order valence-corrected chi connectivity index (χ0v) is 17.8. The third-order valence-corrected chi connectivity index (χ3v) is 5.60. The first-order valence-electron chi connectivity index (χ1n) is 9.65. The van der Waals surface area contributed by atoms with E-state index in [0.717, 1.165) is 28.4 Å². The van der Waals surface area contributed by atoms with Crippen LogP contribution in [0.15, 0.2) is 47.8 Å². The molecule has 0 unspecified atom stereocenters. The third-order valence-electron chi connectivity index (χ3n) is 4.73. The summed E-state index contributed by atoms with van der Waals surface area (Å²) in [5.74, 6) is 0.394. The first kappa shape index (κ1) is 21.0. The summed E-state index contributed by atoms with van der Waals surface area (Å²) in [6, 6.07) is 11.7. The molecule has 0 N–H and O–H groups in total. The quantitative estimate of drug-likeness (QED) is 0.488. The van der Waals surface area contributed by atoms with Gasteiger partial charge in [-0.3, -0.25) is 4.79 Å². The largest absolute Gasteiger partial charge is 0.486 e. The van der Waals surface area contributed by atoms with E-state index in [1.54, 1.807) is 4.90 Å². The Bertz CT molecular complexity index is 969. The molecule has 0 fully saturated rings. The van der Waals surface area contributed by atoms with Crippen molar-refractivity contribution in [2.24, 2.45) is 0 Å². The van der Waals surface area contributed by atoms with E-state index in [9.17, 15) is 9.18 Å². The van der Waals surface area contributed by atoms with Gasteiger partial charge in [-0.05, 0) is 61.7 Å². The van der Waals surface area contributed by atoms with Gasteiger partial charge in [0.2, 0.25) is 0 Å². The van der Waals surface area contributed by atoms with E-state index < -0.39 is 0 Å². The highest BCUT2D eigenvalue weighted by Crippen LogP contribution is 2.23. The van der Waals surface area contributed by atoms with Crippen molar-refractivity contribution in [2.45, 2.75) is 40.3 Å². The Labute approximate surface area is 175 Å². The molecule has 0 aliphatic carbocycles. The van der Waals surface area contributed by atoms with Crippen molar-refractivity contribution in [2.75, 3.05) is 6.54 Å². The Morgan fingerprint density at radius 2 is 1.93 bits per heavy atom. The van der Waals surface area contributed by atoms with Crippen molar-refractivity contribution in [3.8, 4) is 5.75 Å².